The Balaban J connectivity index is 3.81. The first-order valence-electron chi connectivity index (χ1n) is 3.38. The minimum Gasteiger partial charge on any atom is -0.478 e. The number of carboxylic acids is 1. The lowest BCUT2D eigenvalue weighted by atomic mass is 10.0. The molecule has 0 aromatic heterocycles. The second-order valence-corrected chi connectivity index (χ2v) is 2.15. The predicted octanol–water partition coefficient (Wildman–Crippen LogP) is 0.146. The Morgan fingerprint density at radius 2 is 2.17 bits per heavy atom. The normalized spacial score (nSPS) is 12.8. The van der Waals surface area contributed by atoms with Gasteiger partial charge in [-0.2, -0.15) is 0 Å². The quantitative estimate of drug-likeness (QED) is 0.368. The van der Waals surface area contributed by atoms with Gasteiger partial charge in [-0.05, 0) is 6.92 Å². The summed E-state index contributed by atoms with van der Waals surface area (Å²) in [5.41, 5.74) is 0. The van der Waals surface area contributed by atoms with Crippen LogP contribution in [0.2, 0.25) is 6.32 Å². The van der Waals surface area contributed by atoms with E-state index in [4.69, 9.17) is 13.0 Å². The van der Waals surface area contributed by atoms with Gasteiger partial charge >= 0.3 is 11.9 Å². The molecule has 0 saturated carbocycles. The predicted molar refractivity (Wildman–Crippen MR) is 42.9 cm³/mol. The SMILES string of the molecule is [B]CC(C)OC(=O)/C=C/C(=O)O. The van der Waals surface area contributed by atoms with Crippen molar-refractivity contribution in [1.29, 1.82) is 0 Å². The average molecular weight is 168 g/mol. The van der Waals surface area contributed by atoms with Gasteiger partial charge in [-0.15, -0.1) is 0 Å². The van der Waals surface area contributed by atoms with Crippen LogP contribution in [0.4, 0.5) is 0 Å². The summed E-state index contributed by atoms with van der Waals surface area (Å²) in [7, 11) is 5.16. The highest BCUT2D eigenvalue weighted by atomic mass is 16.5. The van der Waals surface area contributed by atoms with Crippen molar-refractivity contribution >= 4 is 19.8 Å². The topological polar surface area (TPSA) is 63.6 Å². The average Bonchev–Trinajstić information content (AvgIpc) is 2.00. The van der Waals surface area contributed by atoms with Crippen molar-refractivity contribution < 1.29 is 19.4 Å². The van der Waals surface area contributed by atoms with E-state index in [9.17, 15) is 9.59 Å². The molecule has 0 aliphatic heterocycles. The Kier molecular flexibility index (Phi) is 4.84. The maximum absolute atomic E-state index is 10.7. The van der Waals surface area contributed by atoms with Gasteiger partial charge < -0.3 is 9.84 Å². The van der Waals surface area contributed by atoms with E-state index in [0.29, 0.717) is 6.08 Å². The number of hydrogen-bond acceptors (Lipinski definition) is 3. The van der Waals surface area contributed by atoms with Crippen LogP contribution in [-0.2, 0) is 14.3 Å². The van der Waals surface area contributed by atoms with Crippen LogP contribution in [-0.4, -0.2) is 31.0 Å². The van der Waals surface area contributed by atoms with E-state index in [0.717, 1.165) is 6.08 Å². The minimum atomic E-state index is -1.19. The number of esters is 1. The number of rotatable bonds is 4. The van der Waals surface area contributed by atoms with Crippen LogP contribution in [0.5, 0.6) is 0 Å². The monoisotopic (exact) mass is 168 g/mol. The molecule has 0 aromatic carbocycles. The number of hydrogen-bond donors (Lipinski definition) is 1. The Bertz CT molecular complexity index is 200. The van der Waals surface area contributed by atoms with Crippen LogP contribution in [0.1, 0.15) is 6.92 Å². The molecule has 0 aliphatic rings. The lowest BCUT2D eigenvalue weighted by Crippen LogP contribution is -2.12. The zero-order valence-electron chi connectivity index (χ0n) is 6.69. The zero-order valence-corrected chi connectivity index (χ0v) is 6.69. The van der Waals surface area contributed by atoms with E-state index >= 15 is 0 Å². The van der Waals surface area contributed by atoms with Crippen LogP contribution in [0, 0.1) is 0 Å². The lowest BCUT2D eigenvalue weighted by molar-refractivity contribution is -0.142. The van der Waals surface area contributed by atoms with Gasteiger partial charge in [0, 0.05) is 12.2 Å². The van der Waals surface area contributed by atoms with Crippen molar-refractivity contribution in [2.45, 2.75) is 19.3 Å². The summed E-state index contributed by atoms with van der Waals surface area (Å²) < 4.78 is 4.64. The molecular formula is C7H9BO4. The lowest BCUT2D eigenvalue weighted by Gasteiger charge is -2.07. The van der Waals surface area contributed by atoms with Crippen molar-refractivity contribution in [3.63, 3.8) is 0 Å². The summed E-state index contributed by atoms with van der Waals surface area (Å²) in [6.07, 6.45) is 1.38. The first-order chi connectivity index (χ1) is 5.56. The van der Waals surface area contributed by atoms with Gasteiger partial charge in [0.15, 0.2) is 0 Å². The molecule has 64 valence electrons. The van der Waals surface area contributed by atoms with Crippen molar-refractivity contribution in [2.75, 3.05) is 0 Å². The fourth-order valence-corrected chi connectivity index (χ4v) is 0.425. The molecular weight excluding hydrogens is 159 g/mol. The van der Waals surface area contributed by atoms with Gasteiger partial charge in [-0.25, -0.2) is 9.59 Å². The molecule has 0 amide bonds. The van der Waals surface area contributed by atoms with E-state index < -0.39 is 18.0 Å². The molecule has 0 aromatic rings. The fraction of sp³-hybridized carbons (Fsp3) is 0.429. The van der Waals surface area contributed by atoms with Crippen LogP contribution in [0.3, 0.4) is 0 Å². The molecule has 5 heteroatoms. The molecule has 0 saturated heterocycles. The molecule has 0 heterocycles. The molecule has 0 aliphatic carbocycles. The maximum atomic E-state index is 10.7. The smallest absolute Gasteiger partial charge is 0.331 e. The highest BCUT2D eigenvalue weighted by Crippen LogP contribution is 1.95. The van der Waals surface area contributed by atoms with Gasteiger partial charge in [-0.1, -0.05) is 6.32 Å². The number of ether oxygens (including phenoxy) is 1. The summed E-state index contributed by atoms with van der Waals surface area (Å²) in [4.78, 5) is 20.6. The molecule has 0 fully saturated rings. The highest BCUT2D eigenvalue weighted by Gasteiger charge is 2.03. The Labute approximate surface area is 71.6 Å². The second-order valence-electron chi connectivity index (χ2n) is 2.15. The fourth-order valence-electron chi connectivity index (χ4n) is 0.425. The van der Waals surface area contributed by atoms with Gasteiger partial charge in [0.2, 0.25) is 0 Å². The molecule has 2 radical (unpaired) electrons. The van der Waals surface area contributed by atoms with Gasteiger partial charge in [0.1, 0.15) is 0 Å². The Hall–Kier alpha value is -1.26. The van der Waals surface area contributed by atoms with E-state index in [1.54, 1.807) is 6.92 Å². The number of carboxylic acid groups (broad SMARTS) is 1. The highest BCUT2D eigenvalue weighted by molar-refractivity contribution is 6.09. The van der Waals surface area contributed by atoms with Crippen molar-refractivity contribution in [3.05, 3.63) is 12.2 Å². The Morgan fingerprint density at radius 3 is 2.58 bits per heavy atom. The summed E-state index contributed by atoms with van der Waals surface area (Å²) >= 11 is 0. The third kappa shape index (κ3) is 5.52. The van der Waals surface area contributed by atoms with Crippen LogP contribution < -0.4 is 0 Å². The van der Waals surface area contributed by atoms with E-state index in [1.165, 1.54) is 0 Å². The first kappa shape index (κ1) is 10.7. The van der Waals surface area contributed by atoms with Gasteiger partial charge in [0.25, 0.3) is 0 Å². The largest absolute Gasteiger partial charge is 0.478 e. The molecule has 4 nitrogen and oxygen atoms in total. The Morgan fingerprint density at radius 1 is 1.58 bits per heavy atom. The maximum Gasteiger partial charge on any atom is 0.331 e. The standard InChI is InChI=1S/C7H9BO4/c1-5(4-8)12-7(11)3-2-6(9)10/h2-3,5H,4H2,1H3,(H,9,10)/b3-2+. The summed E-state index contributed by atoms with van der Waals surface area (Å²) in [5, 5.41) is 8.13. The minimum absolute atomic E-state index is 0.215. The number of carbonyl (C=O) groups is 2. The number of aliphatic carboxylic acids is 1. The van der Waals surface area contributed by atoms with Crippen molar-refractivity contribution in [1.82, 2.24) is 0 Å². The summed E-state index contributed by atoms with van der Waals surface area (Å²) in [5.74, 6) is -1.89. The van der Waals surface area contributed by atoms with Gasteiger partial charge in [-0.3, -0.25) is 0 Å². The van der Waals surface area contributed by atoms with Crippen LogP contribution in [0.25, 0.3) is 0 Å². The zero-order chi connectivity index (χ0) is 9.56. The van der Waals surface area contributed by atoms with E-state index in [2.05, 4.69) is 4.74 Å². The molecule has 0 spiro atoms. The molecule has 12 heavy (non-hydrogen) atoms. The van der Waals surface area contributed by atoms with Crippen LogP contribution >= 0.6 is 0 Å². The second kappa shape index (κ2) is 5.40. The third-order valence-corrected chi connectivity index (χ3v) is 1.01. The summed E-state index contributed by atoms with van der Waals surface area (Å²) in [6, 6.07) is 0. The molecule has 1 atom stereocenters. The molecule has 1 N–H and O–H groups in total. The van der Waals surface area contributed by atoms with E-state index in [-0.39, 0.29) is 6.32 Å². The third-order valence-electron chi connectivity index (χ3n) is 1.01. The molecule has 1 unspecified atom stereocenters. The van der Waals surface area contributed by atoms with Gasteiger partial charge in [0.05, 0.1) is 14.0 Å². The molecule has 0 bridgehead atoms. The van der Waals surface area contributed by atoms with Crippen molar-refractivity contribution in [3.8, 4) is 0 Å². The van der Waals surface area contributed by atoms with Crippen LogP contribution in [0.15, 0.2) is 12.2 Å². The van der Waals surface area contributed by atoms with E-state index in [1.807, 2.05) is 0 Å². The van der Waals surface area contributed by atoms with Crippen molar-refractivity contribution in [2.24, 2.45) is 0 Å². The number of carbonyl (C=O) groups excluding carboxylic acids is 1. The molecule has 0 rings (SSSR count). The summed E-state index contributed by atoms with van der Waals surface area (Å²) in [6.45, 7) is 1.62. The first-order valence-corrected chi connectivity index (χ1v) is 3.38.